The summed E-state index contributed by atoms with van der Waals surface area (Å²) >= 11 is 5.63. The number of rotatable bonds is 8. The molecule has 0 amide bonds. The van der Waals surface area contributed by atoms with Gasteiger partial charge in [-0.3, -0.25) is 4.18 Å². The van der Waals surface area contributed by atoms with E-state index in [1.807, 2.05) is 0 Å². The molecule has 0 unspecified atom stereocenters. The summed E-state index contributed by atoms with van der Waals surface area (Å²) in [5.74, 6) is -3.08. The second-order valence-corrected chi connectivity index (χ2v) is 7.15. The maximum Gasteiger partial charge on any atom is 0.267 e. The Morgan fingerprint density at radius 1 is 1.43 bits per heavy atom. The van der Waals surface area contributed by atoms with Crippen LogP contribution in [0.5, 0.6) is 5.75 Å². The van der Waals surface area contributed by atoms with Gasteiger partial charge in [0.25, 0.3) is 10.1 Å². The van der Waals surface area contributed by atoms with Crippen LogP contribution in [0.1, 0.15) is 12.8 Å². The molecule has 1 fully saturated rings. The third-order valence-electron chi connectivity index (χ3n) is 3.18. The van der Waals surface area contributed by atoms with E-state index in [1.165, 1.54) is 6.20 Å². The van der Waals surface area contributed by atoms with Crippen molar-refractivity contribution in [3.63, 3.8) is 0 Å². The van der Waals surface area contributed by atoms with Gasteiger partial charge in [0, 0.05) is 19.9 Å². The van der Waals surface area contributed by atoms with Crippen molar-refractivity contribution in [3.05, 3.63) is 11.5 Å². The Bertz CT molecular complexity index is 652. The molecule has 130 valence electrons. The Balaban J connectivity index is 1.74. The van der Waals surface area contributed by atoms with E-state index in [0.717, 1.165) is 0 Å². The lowest BCUT2D eigenvalue weighted by Crippen LogP contribution is -2.39. The van der Waals surface area contributed by atoms with Crippen molar-refractivity contribution in [2.75, 3.05) is 31.3 Å². The molecule has 0 aliphatic heterocycles. The predicted octanol–water partition coefficient (Wildman–Crippen LogP) is 1.94. The van der Waals surface area contributed by atoms with Crippen LogP contribution in [0.15, 0.2) is 6.20 Å². The smallest absolute Gasteiger partial charge is 0.267 e. The van der Waals surface area contributed by atoms with Gasteiger partial charge in [-0.15, -0.1) is 0 Å². The first-order chi connectivity index (χ1) is 10.7. The summed E-state index contributed by atoms with van der Waals surface area (Å²) in [6.07, 6.45) is 0.506. The number of nitrogens with one attached hydrogen (secondary N) is 1. The molecule has 1 aromatic heterocycles. The predicted molar refractivity (Wildman–Crippen MR) is 79.5 cm³/mol. The number of aromatic nitrogens is 2. The van der Waals surface area contributed by atoms with Crippen LogP contribution in [0, 0.1) is 5.92 Å². The number of nitrogens with zero attached hydrogens (tertiary/aromatic N) is 2. The summed E-state index contributed by atoms with van der Waals surface area (Å²) in [5, 5.41) is 2.79. The van der Waals surface area contributed by atoms with Crippen molar-refractivity contribution >= 4 is 27.5 Å². The largest absolute Gasteiger partial charge is 0.486 e. The highest BCUT2D eigenvalue weighted by molar-refractivity contribution is 7.86. The summed E-state index contributed by atoms with van der Waals surface area (Å²) < 4.78 is 58.7. The molecule has 11 heteroatoms. The molecule has 2 rings (SSSR count). The van der Waals surface area contributed by atoms with Gasteiger partial charge in [0.15, 0.2) is 11.6 Å². The molecular formula is C12H16ClF2N3O4S. The third kappa shape index (κ3) is 5.40. The molecule has 0 radical (unpaired) electrons. The van der Waals surface area contributed by atoms with E-state index in [9.17, 15) is 17.2 Å². The maximum absolute atomic E-state index is 12.7. The average Bonchev–Trinajstić information content (AvgIpc) is 2.42. The van der Waals surface area contributed by atoms with Crippen LogP contribution in [-0.4, -0.2) is 50.3 Å². The van der Waals surface area contributed by atoms with E-state index in [2.05, 4.69) is 15.3 Å². The molecule has 1 saturated carbocycles. The number of ether oxygens (including phenoxy) is 1. The van der Waals surface area contributed by atoms with Crippen LogP contribution >= 0.6 is 11.6 Å². The van der Waals surface area contributed by atoms with Gasteiger partial charge < -0.3 is 10.1 Å². The maximum atomic E-state index is 12.7. The fourth-order valence-corrected chi connectivity index (χ4v) is 3.55. The van der Waals surface area contributed by atoms with Crippen LogP contribution in [0.25, 0.3) is 0 Å². The number of hydrogen-bond donors (Lipinski definition) is 1. The third-order valence-corrected chi connectivity index (χ3v) is 4.77. The molecule has 1 aliphatic rings. The SMILES string of the molecule is CNc1nc(Cl)ncc1OCCOS(=O)(=O)CC1CC(F)(F)C1. The first-order valence-electron chi connectivity index (χ1n) is 6.79. The molecule has 0 saturated heterocycles. The van der Waals surface area contributed by atoms with Gasteiger partial charge in [0.05, 0.1) is 11.9 Å². The Hall–Kier alpha value is -1.26. The Kier molecular flexibility index (Phi) is 5.58. The van der Waals surface area contributed by atoms with Crippen LogP contribution in [0.2, 0.25) is 5.28 Å². The van der Waals surface area contributed by atoms with Gasteiger partial charge in [-0.1, -0.05) is 0 Å². The molecule has 1 aromatic rings. The van der Waals surface area contributed by atoms with E-state index in [0.29, 0.717) is 5.82 Å². The van der Waals surface area contributed by atoms with Crippen LogP contribution < -0.4 is 10.1 Å². The highest BCUT2D eigenvalue weighted by Crippen LogP contribution is 2.42. The molecule has 0 atom stereocenters. The standard InChI is InChI=1S/C12H16ClF2N3O4S/c1-16-10-9(6-17-11(13)18-10)21-2-3-22-23(19,20)7-8-4-12(14,15)5-8/h6,8H,2-5,7H2,1H3,(H,16,17,18). The fraction of sp³-hybridized carbons (Fsp3) is 0.667. The Morgan fingerprint density at radius 2 is 2.13 bits per heavy atom. The van der Waals surface area contributed by atoms with Gasteiger partial charge >= 0.3 is 0 Å². The van der Waals surface area contributed by atoms with Gasteiger partial charge in [-0.25, -0.2) is 13.8 Å². The quantitative estimate of drug-likeness (QED) is 0.424. The second kappa shape index (κ2) is 7.10. The highest BCUT2D eigenvalue weighted by Gasteiger charge is 2.46. The minimum absolute atomic E-state index is 0.0397. The highest BCUT2D eigenvalue weighted by atomic mass is 35.5. The van der Waals surface area contributed by atoms with Crippen LogP contribution in [-0.2, 0) is 14.3 Å². The number of hydrogen-bond acceptors (Lipinski definition) is 7. The number of halogens is 3. The molecule has 1 heterocycles. The first-order valence-corrected chi connectivity index (χ1v) is 8.74. The van der Waals surface area contributed by atoms with Crippen molar-refractivity contribution in [2.45, 2.75) is 18.8 Å². The molecule has 0 aromatic carbocycles. The normalized spacial score (nSPS) is 17.6. The molecule has 0 bridgehead atoms. The van der Waals surface area contributed by atoms with Crippen LogP contribution in [0.4, 0.5) is 14.6 Å². The van der Waals surface area contributed by atoms with E-state index >= 15 is 0 Å². The molecule has 1 aliphatic carbocycles. The summed E-state index contributed by atoms with van der Waals surface area (Å²) in [4.78, 5) is 7.62. The van der Waals surface area contributed by atoms with Gasteiger partial charge in [-0.2, -0.15) is 13.4 Å². The summed E-state index contributed by atoms with van der Waals surface area (Å²) in [6, 6.07) is 0. The number of anilines is 1. The van der Waals surface area contributed by atoms with Crippen molar-refractivity contribution in [3.8, 4) is 5.75 Å². The zero-order valence-electron chi connectivity index (χ0n) is 12.3. The first kappa shape index (κ1) is 18.1. The van der Waals surface area contributed by atoms with E-state index in [-0.39, 0.29) is 24.2 Å². The lowest BCUT2D eigenvalue weighted by Gasteiger charge is -2.34. The van der Waals surface area contributed by atoms with Gasteiger partial charge in [0.1, 0.15) is 13.2 Å². The van der Waals surface area contributed by atoms with E-state index in [1.54, 1.807) is 7.05 Å². The van der Waals surface area contributed by atoms with Crippen molar-refractivity contribution < 1.29 is 26.1 Å². The van der Waals surface area contributed by atoms with Crippen molar-refractivity contribution in [2.24, 2.45) is 5.92 Å². The second-order valence-electron chi connectivity index (χ2n) is 5.13. The Labute approximate surface area is 137 Å². The molecule has 23 heavy (non-hydrogen) atoms. The Morgan fingerprint density at radius 3 is 2.74 bits per heavy atom. The topological polar surface area (TPSA) is 90.4 Å². The van der Waals surface area contributed by atoms with Gasteiger partial charge in [-0.05, 0) is 17.5 Å². The minimum Gasteiger partial charge on any atom is -0.486 e. The monoisotopic (exact) mass is 371 g/mol. The van der Waals surface area contributed by atoms with Crippen molar-refractivity contribution in [1.82, 2.24) is 9.97 Å². The fourth-order valence-electron chi connectivity index (χ4n) is 2.19. The van der Waals surface area contributed by atoms with Crippen LogP contribution in [0.3, 0.4) is 0 Å². The minimum atomic E-state index is -3.85. The van der Waals surface area contributed by atoms with Gasteiger partial charge in [0.2, 0.25) is 11.2 Å². The van der Waals surface area contributed by atoms with E-state index in [4.69, 9.17) is 20.5 Å². The molecule has 7 nitrogen and oxygen atoms in total. The summed E-state index contributed by atoms with van der Waals surface area (Å²) in [6.45, 7) is -0.309. The van der Waals surface area contributed by atoms with Crippen molar-refractivity contribution in [1.29, 1.82) is 0 Å². The molecular weight excluding hydrogens is 356 g/mol. The average molecular weight is 372 g/mol. The molecule has 0 spiro atoms. The summed E-state index contributed by atoms with van der Waals surface area (Å²) in [5.41, 5.74) is 0. The zero-order chi connectivity index (χ0) is 17.1. The lowest BCUT2D eigenvalue weighted by atomic mass is 9.83. The lowest BCUT2D eigenvalue weighted by molar-refractivity contribution is -0.104. The molecule has 1 N–H and O–H groups in total. The van der Waals surface area contributed by atoms with E-state index < -0.39 is 40.6 Å². The zero-order valence-corrected chi connectivity index (χ0v) is 13.8. The number of alkyl halides is 2. The summed E-state index contributed by atoms with van der Waals surface area (Å²) in [7, 11) is -2.24.